The van der Waals surface area contributed by atoms with Gasteiger partial charge in [0.25, 0.3) is 0 Å². The van der Waals surface area contributed by atoms with Crippen LogP contribution in [-0.4, -0.2) is 21.9 Å². The quantitative estimate of drug-likeness (QED) is 0.373. The Morgan fingerprint density at radius 2 is 1.85 bits per heavy atom. The normalized spacial score (nSPS) is 38.9. The minimum Gasteiger partial charge on any atom is -0.462 e. The third-order valence-corrected chi connectivity index (χ3v) is 10.4. The van der Waals surface area contributed by atoms with E-state index in [2.05, 4.69) is 61.0 Å². The zero-order valence-corrected chi connectivity index (χ0v) is 20.9. The van der Waals surface area contributed by atoms with Crippen LogP contribution in [0.15, 0.2) is 54.2 Å². The monoisotopic (exact) mass is 458 g/mol. The Bertz CT molecular complexity index is 1100. The largest absolute Gasteiger partial charge is 0.462 e. The van der Waals surface area contributed by atoms with Gasteiger partial charge in [-0.25, -0.2) is 4.68 Å². The number of allylic oxidation sites excluding steroid dienone is 1. The number of benzene rings is 1. The van der Waals surface area contributed by atoms with Crippen LogP contribution in [0.25, 0.3) is 5.69 Å². The summed E-state index contributed by atoms with van der Waals surface area (Å²) in [6, 6.07) is 12.9. The van der Waals surface area contributed by atoms with Gasteiger partial charge in [-0.05, 0) is 91.7 Å². The number of hydrogen-bond acceptors (Lipinski definition) is 3. The lowest BCUT2D eigenvalue weighted by Crippen LogP contribution is -2.50. The summed E-state index contributed by atoms with van der Waals surface area (Å²) in [4.78, 5) is 11.5. The average Bonchev–Trinajstić information content (AvgIpc) is 3.43. The molecule has 6 rings (SSSR count). The number of rotatable bonds is 3. The van der Waals surface area contributed by atoms with Crippen molar-refractivity contribution in [2.24, 2.45) is 28.6 Å². The minimum absolute atomic E-state index is 0.0800. The van der Waals surface area contributed by atoms with Crippen molar-refractivity contribution in [1.29, 1.82) is 0 Å². The Morgan fingerprint density at radius 3 is 2.65 bits per heavy atom. The first-order chi connectivity index (χ1) is 16.4. The molecule has 0 spiro atoms. The maximum absolute atomic E-state index is 11.5. The van der Waals surface area contributed by atoms with Crippen LogP contribution in [0.3, 0.4) is 0 Å². The second kappa shape index (κ2) is 8.10. The molecule has 0 bridgehead atoms. The fourth-order valence-corrected chi connectivity index (χ4v) is 8.81. The van der Waals surface area contributed by atoms with Crippen LogP contribution >= 0.6 is 0 Å². The van der Waals surface area contributed by atoms with E-state index < -0.39 is 0 Å². The molecular formula is C30H38N2O2. The van der Waals surface area contributed by atoms with Gasteiger partial charge in [0.2, 0.25) is 0 Å². The molecule has 180 valence electrons. The molecule has 0 amide bonds. The standard InChI is InChI=1S/C30H38N2O2/c1-20(33)34-23-13-16-29(2)21(19-23)9-10-24-25-11-12-27(30(25,3)17-14-26(24)29)28-15-18-31-32(28)22-7-5-4-6-8-22/h4-9,15,18,23-27H,10-14,16-17,19H2,1-3H3/t23-,24-,25-,26-,27+,29-,30-/m0/s1. The Kier molecular flexibility index (Phi) is 5.27. The van der Waals surface area contributed by atoms with E-state index in [0.29, 0.717) is 11.3 Å². The summed E-state index contributed by atoms with van der Waals surface area (Å²) in [5, 5.41) is 4.75. The first-order valence-electron chi connectivity index (χ1n) is 13.4. The number of fused-ring (bicyclic) bond motifs is 5. The summed E-state index contributed by atoms with van der Waals surface area (Å²) in [6.45, 7) is 6.66. The van der Waals surface area contributed by atoms with E-state index in [1.165, 1.54) is 43.5 Å². The van der Waals surface area contributed by atoms with Crippen LogP contribution in [0.2, 0.25) is 0 Å². The SMILES string of the molecule is CC(=O)O[C@H]1CC[C@@]2(C)C(=CC[C@H]3[C@@H]4CC[C@H](c5ccnn5-c5ccccc5)[C@@]4(C)CC[C@@H]32)C1. The summed E-state index contributed by atoms with van der Waals surface area (Å²) in [7, 11) is 0. The highest BCUT2D eigenvalue weighted by Crippen LogP contribution is 2.68. The number of nitrogens with zero attached hydrogens (tertiary/aromatic N) is 2. The van der Waals surface area contributed by atoms with Gasteiger partial charge in [-0.15, -0.1) is 0 Å². The van der Waals surface area contributed by atoms with E-state index in [1.54, 1.807) is 12.5 Å². The van der Waals surface area contributed by atoms with E-state index in [1.807, 2.05) is 6.20 Å². The van der Waals surface area contributed by atoms with Gasteiger partial charge >= 0.3 is 5.97 Å². The highest BCUT2D eigenvalue weighted by molar-refractivity contribution is 5.66. The molecular weight excluding hydrogens is 420 g/mol. The van der Waals surface area contributed by atoms with Gasteiger partial charge < -0.3 is 4.74 Å². The maximum Gasteiger partial charge on any atom is 0.302 e. The molecule has 3 fully saturated rings. The number of aromatic nitrogens is 2. The lowest BCUT2D eigenvalue weighted by molar-refractivity contribution is -0.148. The number of esters is 1. The molecule has 4 nitrogen and oxygen atoms in total. The molecule has 4 heteroatoms. The van der Waals surface area contributed by atoms with Crippen LogP contribution in [0.4, 0.5) is 0 Å². The van der Waals surface area contributed by atoms with Gasteiger partial charge in [-0.2, -0.15) is 5.10 Å². The van der Waals surface area contributed by atoms with Crippen LogP contribution in [0, 0.1) is 28.6 Å². The summed E-state index contributed by atoms with van der Waals surface area (Å²) >= 11 is 0. The van der Waals surface area contributed by atoms with Crippen molar-refractivity contribution in [2.75, 3.05) is 0 Å². The molecule has 0 radical (unpaired) electrons. The van der Waals surface area contributed by atoms with Gasteiger partial charge in [-0.3, -0.25) is 4.79 Å². The highest BCUT2D eigenvalue weighted by atomic mass is 16.5. The molecule has 4 aliphatic carbocycles. The molecule has 4 aliphatic rings. The summed E-state index contributed by atoms with van der Waals surface area (Å²) < 4.78 is 7.82. The van der Waals surface area contributed by atoms with Gasteiger partial charge in [0.05, 0.1) is 5.69 Å². The van der Waals surface area contributed by atoms with Gasteiger partial charge in [-0.1, -0.05) is 43.7 Å². The molecule has 0 N–H and O–H groups in total. The van der Waals surface area contributed by atoms with E-state index in [-0.39, 0.29) is 17.5 Å². The molecule has 34 heavy (non-hydrogen) atoms. The first-order valence-corrected chi connectivity index (χ1v) is 13.4. The molecule has 3 saturated carbocycles. The smallest absolute Gasteiger partial charge is 0.302 e. The lowest BCUT2D eigenvalue weighted by Gasteiger charge is -2.58. The van der Waals surface area contributed by atoms with Crippen molar-refractivity contribution in [3.63, 3.8) is 0 Å². The van der Waals surface area contributed by atoms with Crippen LogP contribution in [0.5, 0.6) is 0 Å². The van der Waals surface area contributed by atoms with Gasteiger partial charge in [0.15, 0.2) is 0 Å². The van der Waals surface area contributed by atoms with E-state index in [4.69, 9.17) is 9.84 Å². The molecule has 0 aliphatic heterocycles. The molecule has 1 aromatic heterocycles. The first kappa shape index (κ1) is 22.1. The van der Waals surface area contributed by atoms with Crippen LogP contribution in [-0.2, 0) is 9.53 Å². The number of para-hydroxylation sites is 1. The topological polar surface area (TPSA) is 44.1 Å². The van der Waals surface area contributed by atoms with Crippen molar-refractivity contribution in [2.45, 2.75) is 84.2 Å². The summed E-state index contributed by atoms with van der Waals surface area (Å²) in [5.41, 5.74) is 4.77. The molecule has 2 aromatic rings. The molecule has 0 saturated heterocycles. The average molecular weight is 459 g/mol. The molecule has 7 atom stereocenters. The molecule has 1 aromatic carbocycles. The third kappa shape index (κ3) is 3.31. The lowest BCUT2D eigenvalue weighted by atomic mass is 9.47. The number of hydrogen-bond donors (Lipinski definition) is 0. The van der Waals surface area contributed by atoms with E-state index >= 15 is 0 Å². The zero-order valence-electron chi connectivity index (χ0n) is 20.9. The fourth-order valence-electron chi connectivity index (χ4n) is 8.81. The van der Waals surface area contributed by atoms with Gasteiger partial charge in [0.1, 0.15) is 6.10 Å². The Hall–Kier alpha value is -2.36. The van der Waals surface area contributed by atoms with E-state index in [9.17, 15) is 4.79 Å². The van der Waals surface area contributed by atoms with Crippen molar-refractivity contribution < 1.29 is 9.53 Å². The molecule has 0 unspecified atom stereocenters. The number of carbonyl (C=O) groups excluding carboxylic acids is 1. The fraction of sp³-hybridized carbons (Fsp3) is 0.600. The number of ether oxygens (including phenoxy) is 1. The van der Waals surface area contributed by atoms with E-state index in [0.717, 1.165) is 37.0 Å². The van der Waals surface area contributed by atoms with Crippen molar-refractivity contribution >= 4 is 5.97 Å². The Labute approximate surface area is 203 Å². The Morgan fingerprint density at radius 1 is 1.03 bits per heavy atom. The number of carbonyl (C=O) groups is 1. The van der Waals surface area contributed by atoms with Crippen LogP contribution in [0.1, 0.15) is 83.7 Å². The summed E-state index contributed by atoms with van der Waals surface area (Å²) in [5.74, 6) is 2.75. The predicted octanol–water partition coefficient (Wildman–Crippen LogP) is 6.85. The third-order valence-electron chi connectivity index (χ3n) is 10.4. The summed E-state index contributed by atoms with van der Waals surface area (Å²) in [6.07, 6.45) is 14.2. The predicted molar refractivity (Wildman–Crippen MR) is 134 cm³/mol. The van der Waals surface area contributed by atoms with Crippen molar-refractivity contribution in [1.82, 2.24) is 9.78 Å². The van der Waals surface area contributed by atoms with Gasteiger partial charge in [0, 0.05) is 31.2 Å². The second-order valence-corrected chi connectivity index (χ2v) is 11.9. The zero-order chi connectivity index (χ0) is 23.5. The second-order valence-electron chi connectivity index (χ2n) is 11.9. The Balaban J connectivity index is 1.28. The van der Waals surface area contributed by atoms with Crippen molar-refractivity contribution in [3.05, 3.63) is 59.9 Å². The van der Waals surface area contributed by atoms with Crippen LogP contribution < -0.4 is 0 Å². The maximum atomic E-state index is 11.5. The van der Waals surface area contributed by atoms with Crippen molar-refractivity contribution in [3.8, 4) is 5.69 Å². The highest BCUT2D eigenvalue weighted by Gasteiger charge is 2.59. The minimum atomic E-state index is -0.136. The molecule has 1 heterocycles.